The molecule has 17 heavy (non-hydrogen) atoms. The van der Waals surface area contributed by atoms with Gasteiger partial charge in [0.25, 0.3) is 0 Å². The minimum absolute atomic E-state index is 0.00407. The van der Waals surface area contributed by atoms with Gasteiger partial charge >= 0.3 is 0 Å². The van der Waals surface area contributed by atoms with Gasteiger partial charge in [-0.15, -0.1) is 0 Å². The van der Waals surface area contributed by atoms with Crippen molar-refractivity contribution in [1.29, 1.82) is 0 Å². The number of nitrogens with one attached hydrogen (secondary N) is 1. The normalized spacial score (nSPS) is 12.6. The van der Waals surface area contributed by atoms with E-state index in [-0.39, 0.29) is 6.04 Å². The molecule has 2 nitrogen and oxygen atoms in total. The standard InChI is InChI=1S/C13H13BrClNO/c1-2-16-13(12-4-3-7-17-12)10-6-5-9(14)8-11(10)15/h3-8,13,16H,2H2,1H3. The molecule has 4 heteroatoms. The first-order chi connectivity index (χ1) is 8.22. The Balaban J connectivity index is 2.39. The average molecular weight is 315 g/mol. The molecule has 0 saturated carbocycles. The summed E-state index contributed by atoms with van der Waals surface area (Å²) in [6.45, 7) is 2.90. The fourth-order valence-electron chi connectivity index (χ4n) is 1.76. The molecule has 0 radical (unpaired) electrons. The van der Waals surface area contributed by atoms with Gasteiger partial charge in [-0.3, -0.25) is 0 Å². The van der Waals surface area contributed by atoms with Gasteiger partial charge in [0.15, 0.2) is 0 Å². The molecule has 0 bridgehead atoms. The molecule has 0 saturated heterocycles. The van der Waals surface area contributed by atoms with Crippen molar-refractivity contribution in [2.75, 3.05) is 6.54 Å². The van der Waals surface area contributed by atoms with Crippen molar-refractivity contribution in [3.63, 3.8) is 0 Å². The molecule has 1 aromatic carbocycles. The second-order valence-electron chi connectivity index (χ2n) is 3.67. The molecule has 0 amide bonds. The predicted octanol–water partition coefficient (Wildman–Crippen LogP) is 4.39. The topological polar surface area (TPSA) is 25.2 Å². The first-order valence-electron chi connectivity index (χ1n) is 5.44. The molecule has 0 aliphatic rings. The Hall–Kier alpha value is -0.770. The molecular weight excluding hydrogens is 302 g/mol. The summed E-state index contributed by atoms with van der Waals surface area (Å²) in [5.74, 6) is 0.871. The van der Waals surface area contributed by atoms with Crippen LogP contribution in [-0.2, 0) is 0 Å². The Kier molecular flexibility index (Phi) is 4.26. The molecule has 1 unspecified atom stereocenters. The number of halogens is 2. The van der Waals surface area contributed by atoms with Gasteiger partial charge in [-0.25, -0.2) is 0 Å². The number of hydrogen-bond donors (Lipinski definition) is 1. The molecular formula is C13H13BrClNO. The first-order valence-corrected chi connectivity index (χ1v) is 6.61. The van der Waals surface area contributed by atoms with Gasteiger partial charge in [0.05, 0.1) is 12.3 Å². The van der Waals surface area contributed by atoms with Crippen LogP contribution < -0.4 is 5.32 Å². The van der Waals surface area contributed by atoms with Crippen LogP contribution in [0, 0.1) is 0 Å². The van der Waals surface area contributed by atoms with E-state index in [1.54, 1.807) is 6.26 Å². The van der Waals surface area contributed by atoms with Crippen LogP contribution in [0.25, 0.3) is 0 Å². The minimum atomic E-state index is -0.00407. The third kappa shape index (κ3) is 2.92. The second-order valence-corrected chi connectivity index (χ2v) is 4.99. The molecule has 1 atom stereocenters. The van der Waals surface area contributed by atoms with Crippen LogP contribution in [-0.4, -0.2) is 6.54 Å². The Morgan fingerprint density at radius 1 is 1.41 bits per heavy atom. The SMILES string of the molecule is CCNC(c1ccco1)c1ccc(Br)cc1Cl. The van der Waals surface area contributed by atoms with E-state index >= 15 is 0 Å². The number of furan rings is 1. The van der Waals surface area contributed by atoms with E-state index in [1.165, 1.54) is 0 Å². The van der Waals surface area contributed by atoms with Crippen LogP contribution in [0.5, 0.6) is 0 Å². The van der Waals surface area contributed by atoms with Crippen LogP contribution in [0.3, 0.4) is 0 Å². The molecule has 0 aliphatic carbocycles. The van der Waals surface area contributed by atoms with Crippen molar-refractivity contribution in [3.05, 3.63) is 57.4 Å². The van der Waals surface area contributed by atoms with E-state index in [0.29, 0.717) is 0 Å². The maximum Gasteiger partial charge on any atom is 0.125 e. The molecule has 0 spiro atoms. The third-order valence-electron chi connectivity index (χ3n) is 2.51. The van der Waals surface area contributed by atoms with Crippen molar-refractivity contribution < 1.29 is 4.42 Å². The fraction of sp³-hybridized carbons (Fsp3) is 0.231. The van der Waals surface area contributed by atoms with Gasteiger partial charge < -0.3 is 9.73 Å². The number of benzene rings is 1. The van der Waals surface area contributed by atoms with Crippen LogP contribution >= 0.6 is 27.5 Å². The predicted molar refractivity (Wildman–Crippen MR) is 73.4 cm³/mol. The van der Waals surface area contributed by atoms with Gasteiger partial charge in [-0.1, -0.05) is 40.5 Å². The fourth-order valence-corrected chi connectivity index (χ4v) is 2.54. The van der Waals surface area contributed by atoms with Crippen LogP contribution in [0.15, 0.2) is 45.5 Å². The summed E-state index contributed by atoms with van der Waals surface area (Å²) in [4.78, 5) is 0. The summed E-state index contributed by atoms with van der Waals surface area (Å²) >= 11 is 9.67. The largest absolute Gasteiger partial charge is 0.467 e. The molecule has 2 aromatic rings. The van der Waals surface area contributed by atoms with Gasteiger partial charge in [0.2, 0.25) is 0 Å². The van der Waals surface area contributed by atoms with E-state index in [9.17, 15) is 0 Å². The average Bonchev–Trinajstić information content (AvgIpc) is 2.80. The van der Waals surface area contributed by atoms with E-state index in [1.807, 2.05) is 30.3 Å². The number of hydrogen-bond acceptors (Lipinski definition) is 2. The molecule has 1 N–H and O–H groups in total. The highest BCUT2D eigenvalue weighted by Crippen LogP contribution is 2.30. The van der Waals surface area contributed by atoms with Crippen LogP contribution in [0.1, 0.15) is 24.3 Å². The summed E-state index contributed by atoms with van der Waals surface area (Å²) in [6.07, 6.45) is 1.67. The maximum absolute atomic E-state index is 6.27. The highest BCUT2D eigenvalue weighted by molar-refractivity contribution is 9.10. The Morgan fingerprint density at radius 3 is 2.82 bits per heavy atom. The van der Waals surface area contributed by atoms with E-state index in [0.717, 1.165) is 27.4 Å². The minimum Gasteiger partial charge on any atom is -0.467 e. The van der Waals surface area contributed by atoms with Crippen molar-refractivity contribution in [2.45, 2.75) is 13.0 Å². The highest BCUT2D eigenvalue weighted by atomic mass is 79.9. The summed E-state index contributed by atoms with van der Waals surface area (Å²) in [5, 5.41) is 4.09. The Morgan fingerprint density at radius 2 is 2.24 bits per heavy atom. The summed E-state index contributed by atoms with van der Waals surface area (Å²) < 4.78 is 6.43. The molecule has 1 aromatic heterocycles. The lowest BCUT2D eigenvalue weighted by Gasteiger charge is -2.17. The summed E-state index contributed by atoms with van der Waals surface area (Å²) in [7, 11) is 0. The zero-order valence-corrected chi connectivity index (χ0v) is 11.8. The number of rotatable bonds is 4. The lowest BCUT2D eigenvalue weighted by Crippen LogP contribution is -2.21. The molecule has 0 aliphatic heterocycles. The highest BCUT2D eigenvalue weighted by Gasteiger charge is 2.18. The summed E-state index contributed by atoms with van der Waals surface area (Å²) in [6, 6.07) is 9.70. The van der Waals surface area contributed by atoms with Crippen molar-refractivity contribution >= 4 is 27.5 Å². The maximum atomic E-state index is 6.27. The van der Waals surface area contributed by atoms with E-state index in [2.05, 4.69) is 28.2 Å². The Bertz CT molecular complexity index is 484. The van der Waals surface area contributed by atoms with Crippen molar-refractivity contribution in [3.8, 4) is 0 Å². The van der Waals surface area contributed by atoms with E-state index < -0.39 is 0 Å². The van der Waals surface area contributed by atoms with Crippen molar-refractivity contribution in [1.82, 2.24) is 5.32 Å². The quantitative estimate of drug-likeness (QED) is 0.905. The van der Waals surface area contributed by atoms with Crippen molar-refractivity contribution in [2.24, 2.45) is 0 Å². The van der Waals surface area contributed by atoms with E-state index in [4.69, 9.17) is 16.0 Å². The lowest BCUT2D eigenvalue weighted by atomic mass is 10.0. The molecule has 1 heterocycles. The molecule has 90 valence electrons. The van der Waals surface area contributed by atoms with Gasteiger partial charge in [0.1, 0.15) is 5.76 Å². The Labute approximate surface area is 114 Å². The molecule has 2 rings (SSSR count). The van der Waals surface area contributed by atoms with Gasteiger partial charge in [-0.2, -0.15) is 0 Å². The zero-order chi connectivity index (χ0) is 12.3. The smallest absolute Gasteiger partial charge is 0.125 e. The van der Waals surface area contributed by atoms with Crippen LogP contribution in [0.4, 0.5) is 0 Å². The first kappa shape index (κ1) is 12.7. The zero-order valence-electron chi connectivity index (χ0n) is 9.41. The second kappa shape index (κ2) is 5.71. The lowest BCUT2D eigenvalue weighted by molar-refractivity contribution is 0.452. The van der Waals surface area contributed by atoms with Gasteiger partial charge in [0, 0.05) is 9.50 Å². The van der Waals surface area contributed by atoms with Crippen LogP contribution in [0.2, 0.25) is 5.02 Å². The molecule has 0 fully saturated rings. The monoisotopic (exact) mass is 313 g/mol. The van der Waals surface area contributed by atoms with Gasteiger partial charge in [-0.05, 0) is 36.4 Å². The summed E-state index contributed by atoms with van der Waals surface area (Å²) in [5.41, 5.74) is 1.02. The third-order valence-corrected chi connectivity index (χ3v) is 3.33.